The summed E-state index contributed by atoms with van der Waals surface area (Å²) in [5.74, 6) is 1.35. The summed E-state index contributed by atoms with van der Waals surface area (Å²) in [5.41, 5.74) is 0. The molecule has 8 heteroatoms. The number of hydrogen-bond acceptors (Lipinski definition) is 4. The Bertz CT molecular complexity index is 531. The van der Waals surface area contributed by atoms with Gasteiger partial charge >= 0.3 is 6.09 Å². The van der Waals surface area contributed by atoms with Gasteiger partial charge in [-0.15, -0.1) is 35.3 Å². The van der Waals surface area contributed by atoms with Crippen LogP contribution in [-0.4, -0.2) is 67.7 Å². The zero-order valence-electron chi connectivity index (χ0n) is 15.2. The van der Waals surface area contributed by atoms with Crippen molar-refractivity contribution in [3.05, 3.63) is 22.4 Å². The Morgan fingerprint density at radius 2 is 2.00 bits per heavy atom. The van der Waals surface area contributed by atoms with Crippen LogP contribution in [-0.2, 0) is 4.74 Å². The molecular formula is C17H29IN4O2S. The summed E-state index contributed by atoms with van der Waals surface area (Å²) >= 11 is 1.78. The van der Waals surface area contributed by atoms with Crippen LogP contribution in [0.3, 0.4) is 0 Å². The predicted molar refractivity (Wildman–Crippen MR) is 114 cm³/mol. The summed E-state index contributed by atoms with van der Waals surface area (Å²) in [6.07, 6.45) is -0.217. The molecule has 0 radical (unpaired) electrons. The second-order valence-corrected chi connectivity index (χ2v) is 6.76. The van der Waals surface area contributed by atoms with Gasteiger partial charge < -0.3 is 19.9 Å². The maximum atomic E-state index is 11.8. The van der Waals surface area contributed by atoms with E-state index >= 15 is 0 Å². The minimum Gasteiger partial charge on any atom is -0.450 e. The van der Waals surface area contributed by atoms with Crippen LogP contribution in [0.1, 0.15) is 31.6 Å². The molecule has 0 spiro atoms. The minimum atomic E-state index is -0.217. The van der Waals surface area contributed by atoms with Crippen LogP contribution in [0.25, 0.3) is 0 Å². The normalized spacial score (nSPS) is 16.2. The fraction of sp³-hybridized carbons (Fsp3) is 0.647. The van der Waals surface area contributed by atoms with E-state index in [-0.39, 0.29) is 30.1 Å². The van der Waals surface area contributed by atoms with Gasteiger partial charge in [0.05, 0.1) is 13.2 Å². The van der Waals surface area contributed by atoms with Gasteiger partial charge in [0.15, 0.2) is 5.96 Å². The second kappa shape index (κ2) is 11.6. The topological polar surface area (TPSA) is 57.2 Å². The van der Waals surface area contributed by atoms with E-state index in [2.05, 4.69) is 41.6 Å². The number of hydrogen-bond donors (Lipinski definition) is 1. The van der Waals surface area contributed by atoms with Crippen LogP contribution in [0.5, 0.6) is 0 Å². The minimum absolute atomic E-state index is 0. The lowest BCUT2D eigenvalue weighted by molar-refractivity contribution is 0.0914. The molecule has 0 saturated carbocycles. The quantitative estimate of drug-likeness (QED) is 0.400. The lowest BCUT2D eigenvalue weighted by atomic mass is 10.1. The number of rotatable bonds is 5. The van der Waals surface area contributed by atoms with Crippen molar-refractivity contribution in [2.24, 2.45) is 4.99 Å². The molecule has 1 aromatic rings. The molecule has 25 heavy (non-hydrogen) atoms. The fourth-order valence-electron chi connectivity index (χ4n) is 2.63. The monoisotopic (exact) mass is 480 g/mol. The van der Waals surface area contributed by atoms with Gasteiger partial charge in [0.1, 0.15) is 0 Å². The molecule has 142 valence electrons. The number of amides is 1. The van der Waals surface area contributed by atoms with Crippen molar-refractivity contribution in [1.29, 1.82) is 0 Å². The molecule has 0 bridgehead atoms. The van der Waals surface area contributed by atoms with Gasteiger partial charge in [-0.1, -0.05) is 13.0 Å². The Hall–Kier alpha value is -1.03. The fourth-order valence-corrected chi connectivity index (χ4v) is 3.40. The molecule has 1 unspecified atom stereocenters. The van der Waals surface area contributed by atoms with E-state index in [0.717, 1.165) is 32.1 Å². The van der Waals surface area contributed by atoms with E-state index in [1.165, 1.54) is 4.88 Å². The van der Waals surface area contributed by atoms with E-state index in [1.54, 1.807) is 16.2 Å². The zero-order chi connectivity index (χ0) is 17.4. The largest absolute Gasteiger partial charge is 0.450 e. The van der Waals surface area contributed by atoms with Crippen molar-refractivity contribution >= 4 is 47.4 Å². The first-order chi connectivity index (χ1) is 11.7. The average Bonchev–Trinajstić information content (AvgIpc) is 3.13. The third-order valence-corrected chi connectivity index (χ3v) is 5.09. The number of nitrogens with one attached hydrogen (secondary N) is 1. The molecule has 0 aromatic carbocycles. The summed E-state index contributed by atoms with van der Waals surface area (Å²) in [6.45, 7) is 11.0. The van der Waals surface area contributed by atoms with Gasteiger partial charge in [-0.3, -0.25) is 4.99 Å². The van der Waals surface area contributed by atoms with Crippen molar-refractivity contribution in [2.75, 3.05) is 45.9 Å². The molecule has 6 nitrogen and oxygen atoms in total. The summed E-state index contributed by atoms with van der Waals surface area (Å²) in [6, 6.07) is 4.25. The molecule has 1 saturated heterocycles. The summed E-state index contributed by atoms with van der Waals surface area (Å²) in [7, 11) is 0. The van der Waals surface area contributed by atoms with Crippen molar-refractivity contribution in [3.8, 4) is 0 Å². The van der Waals surface area contributed by atoms with Crippen molar-refractivity contribution in [1.82, 2.24) is 15.1 Å². The van der Waals surface area contributed by atoms with Gasteiger partial charge in [-0.25, -0.2) is 4.79 Å². The highest BCUT2D eigenvalue weighted by molar-refractivity contribution is 14.0. The van der Waals surface area contributed by atoms with Crippen LogP contribution in [0.2, 0.25) is 0 Å². The van der Waals surface area contributed by atoms with E-state index in [1.807, 2.05) is 6.92 Å². The van der Waals surface area contributed by atoms with Gasteiger partial charge in [0, 0.05) is 43.5 Å². The predicted octanol–water partition coefficient (Wildman–Crippen LogP) is 3.21. The Kier molecular flexibility index (Phi) is 10.2. The number of carbonyl (C=O) groups excluding carboxylic acids is 1. The highest BCUT2D eigenvalue weighted by Crippen LogP contribution is 2.20. The Balaban J connectivity index is 0.00000312. The molecule has 1 aliphatic heterocycles. The molecule has 1 fully saturated rings. The van der Waals surface area contributed by atoms with E-state index in [4.69, 9.17) is 9.73 Å². The Morgan fingerprint density at radius 3 is 2.56 bits per heavy atom. The number of carbonyl (C=O) groups is 1. The number of aliphatic imine (C=N–C) groups is 1. The molecule has 0 aliphatic carbocycles. The summed E-state index contributed by atoms with van der Waals surface area (Å²) in [5, 5.41) is 5.47. The van der Waals surface area contributed by atoms with Crippen LogP contribution in [0.15, 0.2) is 22.5 Å². The van der Waals surface area contributed by atoms with Crippen LogP contribution in [0.4, 0.5) is 4.79 Å². The smallest absolute Gasteiger partial charge is 0.409 e. The molecule has 2 heterocycles. The van der Waals surface area contributed by atoms with Crippen molar-refractivity contribution < 1.29 is 9.53 Å². The first kappa shape index (κ1) is 22.0. The van der Waals surface area contributed by atoms with Gasteiger partial charge in [-0.05, 0) is 25.3 Å². The first-order valence-corrected chi connectivity index (χ1v) is 9.52. The van der Waals surface area contributed by atoms with Crippen LogP contribution < -0.4 is 5.32 Å². The van der Waals surface area contributed by atoms with Gasteiger partial charge in [0.25, 0.3) is 0 Å². The standard InChI is InChI=1S/C17H28N4O2S.HI/c1-4-18-16(19-13-14(3)15-7-6-12-24-15)20-8-10-21(11-9-20)17(22)23-5-2;/h6-7,12,14H,4-5,8-11,13H2,1-3H3,(H,18,19);1H. The number of ether oxygens (including phenoxy) is 1. The molecule has 1 amide bonds. The summed E-state index contributed by atoms with van der Waals surface area (Å²) < 4.78 is 5.07. The molecule has 1 aliphatic rings. The Labute approximate surface area is 171 Å². The summed E-state index contributed by atoms with van der Waals surface area (Å²) in [4.78, 5) is 21.9. The lowest BCUT2D eigenvalue weighted by Crippen LogP contribution is -2.54. The van der Waals surface area contributed by atoms with Gasteiger partial charge in [0.2, 0.25) is 0 Å². The number of nitrogens with zero attached hydrogens (tertiary/aromatic N) is 3. The average molecular weight is 480 g/mol. The highest BCUT2D eigenvalue weighted by atomic mass is 127. The maximum absolute atomic E-state index is 11.8. The number of thiophene rings is 1. The van der Waals surface area contributed by atoms with E-state index < -0.39 is 0 Å². The number of piperazine rings is 1. The Morgan fingerprint density at radius 1 is 1.32 bits per heavy atom. The van der Waals surface area contributed by atoms with E-state index in [0.29, 0.717) is 25.6 Å². The molecular weight excluding hydrogens is 451 g/mol. The van der Waals surface area contributed by atoms with Gasteiger partial charge in [-0.2, -0.15) is 0 Å². The third kappa shape index (κ3) is 6.65. The third-order valence-electron chi connectivity index (χ3n) is 3.98. The van der Waals surface area contributed by atoms with Crippen LogP contribution in [0, 0.1) is 0 Å². The second-order valence-electron chi connectivity index (χ2n) is 5.78. The van der Waals surface area contributed by atoms with Crippen molar-refractivity contribution in [2.45, 2.75) is 26.7 Å². The maximum Gasteiger partial charge on any atom is 0.409 e. The molecule has 1 N–H and O–H groups in total. The van der Waals surface area contributed by atoms with E-state index in [9.17, 15) is 4.79 Å². The lowest BCUT2D eigenvalue weighted by Gasteiger charge is -2.36. The molecule has 1 aromatic heterocycles. The highest BCUT2D eigenvalue weighted by Gasteiger charge is 2.23. The molecule has 1 atom stereocenters. The molecule has 2 rings (SSSR count). The SMILES string of the molecule is CCNC(=NCC(C)c1cccs1)N1CCN(C(=O)OCC)CC1.I. The number of halogens is 1. The zero-order valence-corrected chi connectivity index (χ0v) is 18.4. The van der Waals surface area contributed by atoms with Crippen LogP contribution >= 0.6 is 35.3 Å². The first-order valence-electron chi connectivity index (χ1n) is 8.64. The van der Waals surface area contributed by atoms with Crippen molar-refractivity contribution in [3.63, 3.8) is 0 Å². The number of guanidine groups is 1.